The molecule has 0 fully saturated rings. The maximum Gasteiger partial charge on any atom is 0.514 e. The fourth-order valence-electron chi connectivity index (χ4n) is 2.29. The first-order valence-corrected chi connectivity index (χ1v) is 6.70. The van der Waals surface area contributed by atoms with Crippen molar-refractivity contribution in [2.24, 2.45) is 0 Å². The van der Waals surface area contributed by atoms with E-state index in [9.17, 15) is 18.4 Å². The monoisotopic (exact) mass is 323 g/mol. The Hall–Kier alpha value is -2.90. The highest BCUT2D eigenvalue weighted by molar-refractivity contribution is 5.89. The standard InChI is InChI=1S/C15H11F2NO5/c1-3-21-15(20)23-10-6-18-5-7(2)22-14-11(17)9(16)4-8(12(14)18)13(10)19/h4-6H,3H2,1-2H3. The van der Waals surface area contributed by atoms with Gasteiger partial charge in [-0.15, -0.1) is 0 Å². The number of benzene rings is 1. The molecule has 1 aliphatic heterocycles. The molecule has 0 atom stereocenters. The van der Waals surface area contributed by atoms with E-state index in [0.717, 1.165) is 6.07 Å². The number of rotatable bonds is 2. The second-order valence-corrected chi connectivity index (χ2v) is 4.75. The van der Waals surface area contributed by atoms with Gasteiger partial charge in [-0.05, 0) is 19.9 Å². The Morgan fingerprint density at radius 3 is 2.83 bits per heavy atom. The zero-order valence-corrected chi connectivity index (χ0v) is 12.2. The Morgan fingerprint density at radius 1 is 1.39 bits per heavy atom. The van der Waals surface area contributed by atoms with Crippen molar-refractivity contribution in [2.75, 3.05) is 6.61 Å². The van der Waals surface area contributed by atoms with Crippen molar-refractivity contribution < 1.29 is 27.8 Å². The SMILES string of the molecule is CCOC(=O)Oc1cn2c3c(c(F)c(F)cc3c1=O)OC(C)=C2. The number of carbonyl (C=O) groups excluding carboxylic acids is 1. The molecule has 0 saturated heterocycles. The van der Waals surface area contributed by atoms with Crippen LogP contribution in [0.1, 0.15) is 13.8 Å². The third-order valence-corrected chi connectivity index (χ3v) is 3.17. The summed E-state index contributed by atoms with van der Waals surface area (Å²) in [4.78, 5) is 23.7. The van der Waals surface area contributed by atoms with E-state index < -0.39 is 23.2 Å². The third-order valence-electron chi connectivity index (χ3n) is 3.17. The molecule has 2 heterocycles. The summed E-state index contributed by atoms with van der Waals surface area (Å²) in [5.41, 5.74) is -0.725. The van der Waals surface area contributed by atoms with E-state index in [4.69, 9.17) is 9.47 Å². The van der Waals surface area contributed by atoms with Crippen LogP contribution >= 0.6 is 0 Å². The molecule has 0 radical (unpaired) electrons. The Bertz CT molecular complexity index is 916. The van der Waals surface area contributed by atoms with Gasteiger partial charge >= 0.3 is 6.16 Å². The smallest absolute Gasteiger partial charge is 0.455 e. The van der Waals surface area contributed by atoms with Gasteiger partial charge in [0.25, 0.3) is 0 Å². The van der Waals surface area contributed by atoms with Crippen LogP contribution in [0.5, 0.6) is 11.5 Å². The minimum Gasteiger partial charge on any atom is -0.455 e. The van der Waals surface area contributed by atoms with Crippen LogP contribution in [0.25, 0.3) is 17.1 Å². The summed E-state index contributed by atoms with van der Waals surface area (Å²) in [7, 11) is 0. The van der Waals surface area contributed by atoms with Crippen molar-refractivity contribution in [3.63, 3.8) is 0 Å². The van der Waals surface area contributed by atoms with Gasteiger partial charge in [0.1, 0.15) is 11.3 Å². The van der Waals surface area contributed by atoms with Gasteiger partial charge in [-0.1, -0.05) is 0 Å². The molecule has 0 saturated carbocycles. The predicted molar refractivity (Wildman–Crippen MR) is 76.3 cm³/mol. The Morgan fingerprint density at radius 2 is 2.13 bits per heavy atom. The lowest BCUT2D eigenvalue weighted by molar-refractivity contribution is 0.104. The number of carbonyl (C=O) groups is 1. The molecule has 0 amide bonds. The van der Waals surface area contributed by atoms with Crippen molar-refractivity contribution in [2.45, 2.75) is 13.8 Å². The summed E-state index contributed by atoms with van der Waals surface area (Å²) in [5, 5.41) is -0.176. The van der Waals surface area contributed by atoms with Crippen molar-refractivity contribution in [3.8, 4) is 11.5 Å². The fraction of sp³-hybridized carbons (Fsp3) is 0.200. The second-order valence-electron chi connectivity index (χ2n) is 4.75. The summed E-state index contributed by atoms with van der Waals surface area (Å²) in [6.07, 6.45) is 1.57. The maximum atomic E-state index is 13.9. The molecule has 1 aromatic heterocycles. The molecule has 0 aliphatic carbocycles. The molecule has 3 rings (SSSR count). The lowest BCUT2D eigenvalue weighted by Crippen LogP contribution is -2.19. The zero-order valence-electron chi connectivity index (χ0n) is 12.2. The minimum absolute atomic E-state index is 0.0516. The van der Waals surface area contributed by atoms with Crippen molar-refractivity contribution in [1.29, 1.82) is 0 Å². The third kappa shape index (κ3) is 2.41. The molecule has 0 spiro atoms. The van der Waals surface area contributed by atoms with E-state index in [1.807, 2.05) is 0 Å². The van der Waals surface area contributed by atoms with Crippen LogP contribution in [0.2, 0.25) is 0 Å². The number of allylic oxidation sites excluding steroid dienone is 1. The average Bonchev–Trinajstić information content (AvgIpc) is 2.48. The second kappa shape index (κ2) is 5.38. The highest BCUT2D eigenvalue weighted by Gasteiger charge is 2.25. The van der Waals surface area contributed by atoms with Crippen molar-refractivity contribution in [1.82, 2.24) is 4.57 Å². The summed E-state index contributed by atoms with van der Waals surface area (Å²) in [5.74, 6) is -2.91. The predicted octanol–water partition coefficient (Wildman–Crippen LogP) is 3.03. The summed E-state index contributed by atoms with van der Waals surface area (Å²) in [6.45, 7) is 3.17. The quantitative estimate of drug-likeness (QED) is 0.795. The molecule has 6 nitrogen and oxygen atoms in total. The molecule has 2 aromatic rings. The van der Waals surface area contributed by atoms with E-state index >= 15 is 0 Å². The fourth-order valence-corrected chi connectivity index (χ4v) is 2.29. The van der Waals surface area contributed by atoms with Crippen LogP contribution < -0.4 is 14.9 Å². The number of pyridine rings is 1. The van der Waals surface area contributed by atoms with Gasteiger partial charge in [-0.2, -0.15) is 4.39 Å². The van der Waals surface area contributed by atoms with Gasteiger partial charge in [-0.25, -0.2) is 9.18 Å². The Kier molecular flexibility index (Phi) is 3.51. The van der Waals surface area contributed by atoms with E-state index in [0.29, 0.717) is 0 Å². The molecule has 120 valence electrons. The highest BCUT2D eigenvalue weighted by atomic mass is 19.2. The molecule has 1 aliphatic rings. The van der Waals surface area contributed by atoms with Gasteiger partial charge in [-0.3, -0.25) is 4.79 Å². The average molecular weight is 323 g/mol. The van der Waals surface area contributed by atoms with Crippen LogP contribution in [0, 0.1) is 11.6 Å². The number of hydrogen-bond acceptors (Lipinski definition) is 5. The number of halogens is 2. The lowest BCUT2D eigenvalue weighted by atomic mass is 10.1. The van der Waals surface area contributed by atoms with E-state index in [1.54, 1.807) is 6.92 Å². The van der Waals surface area contributed by atoms with Gasteiger partial charge in [0.15, 0.2) is 17.3 Å². The molecule has 8 heteroatoms. The largest absolute Gasteiger partial charge is 0.514 e. The van der Waals surface area contributed by atoms with Gasteiger partial charge in [0.05, 0.1) is 18.2 Å². The molecule has 0 unspecified atom stereocenters. The molecule has 1 aromatic carbocycles. The summed E-state index contributed by atoms with van der Waals surface area (Å²) in [6, 6.07) is 0.739. The van der Waals surface area contributed by atoms with E-state index in [1.165, 1.54) is 23.9 Å². The zero-order chi connectivity index (χ0) is 16.7. The van der Waals surface area contributed by atoms with E-state index in [2.05, 4.69) is 4.74 Å². The summed E-state index contributed by atoms with van der Waals surface area (Å²) >= 11 is 0. The topological polar surface area (TPSA) is 66.8 Å². The number of hydrogen-bond donors (Lipinski definition) is 0. The van der Waals surface area contributed by atoms with Gasteiger partial charge in [0.2, 0.25) is 11.2 Å². The summed E-state index contributed by atoms with van der Waals surface area (Å²) < 4.78 is 43.6. The van der Waals surface area contributed by atoms with Crippen molar-refractivity contribution >= 4 is 23.3 Å². The Labute approximate surface area is 128 Å². The normalized spacial score (nSPS) is 12.6. The van der Waals surface area contributed by atoms with Gasteiger partial charge in [0, 0.05) is 6.20 Å². The molecule has 0 N–H and O–H groups in total. The highest BCUT2D eigenvalue weighted by Crippen LogP contribution is 2.35. The minimum atomic E-state index is -1.24. The number of nitrogens with zero attached hydrogens (tertiary/aromatic N) is 1. The molecular weight excluding hydrogens is 312 g/mol. The Balaban J connectivity index is 2.28. The van der Waals surface area contributed by atoms with Gasteiger partial charge < -0.3 is 18.8 Å². The first kappa shape index (κ1) is 15.0. The maximum absolute atomic E-state index is 13.9. The molecule has 0 bridgehead atoms. The van der Waals surface area contributed by atoms with Crippen LogP contribution in [0.3, 0.4) is 0 Å². The van der Waals surface area contributed by atoms with E-state index in [-0.39, 0.29) is 34.8 Å². The van der Waals surface area contributed by atoms with Crippen LogP contribution in [0.15, 0.2) is 22.8 Å². The molecular formula is C15H11F2NO5. The van der Waals surface area contributed by atoms with Crippen LogP contribution in [-0.2, 0) is 4.74 Å². The first-order chi connectivity index (χ1) is 10.9. The number of ether oxygens (including phenoxy) is 3. The first-order valence-electron chi connectivity index (χ1n) is 6.70. The van der Waals surface area contributed by atoms with Crippen LogP contribution in [-0.4, -0.2) is 17.3 Å². The molecule has 23 heavy (non-hydrogen) atoms. The lowest BCUT2D eigenvalue weighted by Gasteiger charge is -2.19. The van der Waals surface area contributed by atoms with Crippen molar-refractivity contribution in [3.05, 3.63) is 39.9 Å². The number of aromatic nitrogens is 1. The van der Waals surface area contributed by atoms with Crippen LogP contribution in [0.4, 0.5) is 13.6 Å².